The van der Waals surface area contributed by atoms with Gasteiger partial charge in [-0.15, -0.1) is 0 Å². The Labute approximate surface area is 209 Å². The average molecular weight is 491 g/mol. The van der Waals surface area contributed by atoms with Gasteiger partial charge in [-0.05, 0) is 48.5 Å². The second-order valence-electron chi connectivity index (χ2n) is 6.47. The summed E-state index contributed by atoms with van der Waals surface area (Å²) < 4.78 is 33.6. The van der Waals surface area contributed by atoms with Gasteiger partial charge < -0.3 is 18.8 Å². The molecule has 0 amide bonds. The van der Waals surface area contributed by atoms with Crippen LogP contribution in [0.25, 0.3) is 0 Å². The number of benzene rings is 4. The van der Waals surface area contributed by atoms with Gasteiger partial charge in [0.05, 0.1) is 0 Å². The van der Waals surface area contributed by atoms with Gasteiger partial charge in [0.25, 0.3) is 0 Å². The minimum Gasteiger partial charge on any atom is -0.765 e. The predicted molar refractivity (Wildman–Crippen MR) is 127 cm³/mol. The first kappa shape index (κ1) is 26.9. The van der Waals surface area contributed by atoms with Crippen LogP contribution in [0.15, 0.2) is 121 Å². The molecule has 4 aromatic carbocycles. The molecule has 4 rings (SSSR count). The first-order valence-corrected chi connectivity index (χ1v) is 12.7. The van der Waals surface area contributed by atoms with Gasteiger partial charge in [0.1, 0.15) is 11.5 Å². The van der Waals surface area contributed by atoms with Gasteiger partial charge in [-0.25, -0.2) is 0 Å². The van der Waals surface area contributed by atoms with Crippen molar-refractivity contribution in [3.05, 3.63) is 121 Å². The summed E-state index contributed by atoms with van der Waals surface area (Å²) in [6.07, 6.45) is 0. The molecule has 4 aromatic rings. The molecule has 0 bridgehead atoms. The van der Waals surface area contributed by atoms with Crippen molar-refractivity contribution in [2.24, 2.45) is 0 Å². The second-order valence-corrected chi connectivity index (χ2v) is 9.86. The Hall–Kier alpha value is -2.37. The van der Waals surface area contributed by atoms with Crippen molar-refractivity contribution in [2.45, 2.75) is 0 Å². The first-order valence-electron chi connectivity index (χ1n) is 9.59. The van der Waals surface area contributed by atoms with Gasteiger partial charge in [0, 0.05) is 10.6 Å². The summed E-state index contributed by atoms with van der Waals surface area (Å²) in [5.41, 5.74) is 0. The van der Waals surface area contributed by atoms with E-state index in [1.54, 1.807) is 97.1 Å². The smallest absolute Gasteiger partial charge is 0.765 e. The van der Waals surface area contributed by atoms with E-state index in [4.69, 9.17) is 9.05 Å². The monoisotopic (exact) mass is 490 g/mol. The summed E-state index contributed by atoms with van der Waals surface area (Å²) in [5.74, 6) is 0.648. The molecule has 0 spiro atoms. The van der Waals surface area contributed by atoms with E-state index in [9.17, 15) is 18.9 Å². The molecule has 0 N–H and O–H groups in total. The van der Waals surface area contributed by atoms with E-state index < -0.39 is 15.2 Å². The molecule has 33 heavy (non-hydrogen) atoms. The Kier molecular flexibility index (Phi) is 10.4. The molecule has 0 aliphatic heterocycles. The number of rotatable bonds is 6. The normalized spacial score (nSPS) is 13.6. The van der Waals surface area contributed by atoms with Crippen LogP contribution in [-0.2, 0) is 9.13 Å². The van der Waals surface area contributed by atoms with Crippen LogP contribution < -0.4 is 29.4 Å². The topological polar surface area (TPSA) is 98.7 Å². The Morgan fingerprint density at radius 1 is 0.455 bits per heavy atom. The van der Waals surface area contributed by atoms with E-state index in [1.807, 2.05) is 0 Å². The zero-order valence-corrected chi connectivity index (χ0v) is 20.8. The Morgan fingerprint density at radius 2 is 0.697 bits per heavy atom. The largest absolute Gasteiger partial charge is 2.00 e. The summed E-state index contributed by atoms with van der Waals surface area (Å²) in [6.45, 7) is 0. The van der Waals surface area contributed by atoms with Crippen molar-refractivity contribution < 1.29 is 28.0 Å². The number of para-hydroxylation sites is 2. The quantitative estimate of drug-likeness (QED) is 0.303. The SMILES string of the molecule is O=P([O-])(Oc1ccccc1)c1ccccc1.O=P([O-])(Oc1ccccc1)c1ccccc1.[Mg+2]. The van der Waals surface area contributed by atoms with E-state index in [0.29, 0.717) is 11.5 Å². The summed E-state index contributed by atoms with van der Waals surface area (Å²) in [6, 6.07) is 33.1. The standard InChI is InChI=1S/2C12H11O3P.Mg/c2*13-16(14,12-9-5-2-6-10-12)15-11-7-3-1-4-8-11;/h2*1-10H,(H,13,14);/q;;+2/p-2. The van der Waals surface area contributed by atoms with Crippen LogP contribution in [0, 0.1) is 0 Å². The van der Waals surface area contributed by atoms with Crippen molar-refractivity contribution in [3.8, 4) is 11.5 Å². The van der Waals surface area contributed by atoms with Gasteiger partial charge in [-0.3, -0.25) is 9.13 Å². The maximum Gasteiger partial charge on any atom is 2.00 e. The van der Waals surface area contributed by atoms with Gasteiger partial charge in [-0.1, -0.05) is 72.8 Å². The summed E-state index contributed by atoms with van der Waals surface area (Å²) in [7, 11) is -8.03. The Balaban J connectivity index is 0.000000227. The summed E-state index contributed by atoms with van der Waals surface area (Å²) in [5, 5.41) is 0.359. The molecular weight excluding hydrogens is 471 g/mol. The van der Waals surface area contributed by atoms with Gasteiger partial charge in [-0.2, -0.15) is 0 Å². The minimum absolute atomic E-state index is 0. The molecule has 0 heterocycles. The molecule has 164 valence electrons. The first-order chi connectivity index (χ1) is 15.4. The van der Waals surface area contributed by atoms with E-state index in [2.05, 4.69) is 0 Å². The molecule has 0 fully saturated rings. The average Bonchev–Trinajstić information content (AvgIpc) is 2.81. The molecule has 0 aliphatic rings. The van der Waals surface area contributed by atoms with Gasteiger partial charge >= 0.3 is 23.1 Å². The van der Waals surface area contributed by atoms with Gasteiger partial charge in [0.15, 0.2) is 0 Å². The van der Waals surface area contributed by atoms with E-state index in [0.717, 1.165) is 0 Å². The van der Waals surface area contributed by atoms with Crippen LogP contribution in [0.2, 0.25) is 0 Å². The molecule has 0 aromatic heterocycles. The predicted octanol–water partition coefficient (Wildman–Crippen LogP) is 3.51. The van der Waals surface area contributed by atoms with Crippen molar-refractivity contribution in [2.75, 3.05) is 0 Å². The molecule has 2 atom stereocenters. The molecule has 0 radical (unpaired) electrons. The summed E-state index contributed by atoms with van der Waals surface area (Å²) >= 11 is 0. The third-order valence-electron chi connectivity index (χ3n) is 4.08. The van der Waals surface area contributed by atoms with Crippen molar-refractivity contribution in [1.29, 1.82) is 0 Å². The Morgan fingerprint density at radius 3 is 0.970 bits per heavy atom. The molecule has 6 nitrogen and oxygen atoms in total. The number of hydrogen-bond donors (Lipinski definition) is 0. The van der Waals surface area contributed by atoms with E-state index >= 15 is 0 Å². The third-order valence-corrected chi connectivity index (χ3v) is 6.85. The minimum atomic E-state index is -4.02. The van der Waals surface area contributed by atoms with Gasteiger partial charge in [0.2, 0.25) is 15.2 Å². The van der Waals surface area contributed by atoms with Crippen LogP contribution in [0.3, 0.4) is 0 Å². The Bertz CT molecular complexity index is 1100. The maximum atomic E-state index is 11.8. The van der Waals surface area contributed by atoms with Crippen LogP contribution in [0.5, 0.6) is 11.5 Å². The fraction of sp³-hybridized carbons (Fsp3) is 0. The zero-order valence-electron chi connectivity index (χ0n) is 17.6. The molecule has 0 aliphatic carbocycles. The zero-order chi connectivity index (χ0) is 22.9. The second kappa shape index (κ2) is 12.8. The van der Waals surface area contributed by atoms with E-state index in [-0.39, 0.29) is 33.7 Å². The molecule has 9 heteroatoms. The van der Waals surface area contributed by atoms with Crippen LogP contribution >= 0.6 is 15.2 Å². The van der Waals surface area contributed by atoms with Crippen LogP contribution in [-0.4, -0.2) is 23.1 Å². The van der Waals surface area contributed by atoms with Crippen LogP contribution in [0.1, 0.15) is 0 Å². The fourth-order valence-electron chi connectivity index (χ4n) is 2.57. The fourth-order valence-corrected chi connectivity index (χ4v) is 4.65. The third kappa shape index (κ3) is 8.48. The van der Waals surface area contributed by atoms with E-state index in [1.165, 1.54) is 24.3 Å². The molecule has 0 saturated heterocycles. The molecule has 0 saturated carbocycles. The molecular formula is C24H20MgO6P2. The maximum absolute atomic E-state index is 11.8. The van der Waals surface area contributed by atoms with Crippen LogP contribution in [0.4, 0.5) is 0 Å². The van der Waals surface area contributed by atoms with Crippen molar-refractivity contribution in [3.63, 3.8) is 0 Å². The summed E-state index contributed by atoms with van der Waals surface area (Å²) in [4.78, 5) is 23.6. The number of hydrogen-bond acceptors (Lipinski definition) is 6. The molecule has 2 unspecified atom stereocenters. The van der Waals surface area contributed by atoms with Crippen molar-refractivity contribution >= 4 is 48.9 Å². The van der Waals surface area contributed by atoms with Crippen molar-refractivity contribution in [1.82, 2.24) is 0 Å².